The number of para-hydroxylation sites is 1. The minimum absolute atomic E-state index is 0. The number of rotatable bonds is 6. The lowest BCUT2D eigenvalue weighted by Crippen LogP contribution is -2.14. The van der Waals surface area contributed by atoms with Crippen molar-refractivity contribution in [1.29, 1.82) is 0 Å². The molecule has 0 saturated carbocycles. The van der Waals surface area contributed by atoms with Crippen LogP contribution in [0.4, 0.5) is 0 Å². The molecule has 0 saturated heterocycles. The minimum Gasteiger partial charge on any atom is -0.366 e. The number of carbonyl (C=O) groups excluding carboxylic acids is 1. The summed E-state index contributed by atoms with van der Waals surface area (Å²) >= 11 is 1.75. The van der Waals surface area contributed by atoms with Crippen LogP contribution in [-0.2, 0) is 0 Å². The first-order valence-corrected chi connectivity index (χ1v) is 9.11. The Bertz CT molecular complexity index is 897. The molecular weight excluding hydrogens is 366 g/mol. The molecule has 3 rings (SSSR count). The molecule has 26 heavy (non-hydrogen) atoms. The topological polar surface area (TPSA) is 59.2 Å². The summed E-state index contributed by atoms with van der Waals surface area (Å²) in [6.07, 6.45) is 0. The molecule has 0 aliphatic carbocycles. The number of fused-ring (bicyclic) bond motifs is 1. The summed E-state index contributed by atoms with van der Waals surface area (Å²) < 4.78 is 0. The largest absolute Gasteiger partial charge is 0.366 e. The van der Waals surface area contributed by atoms with Crippen molar-refractivity contribution in [2.75, 3.05) is 26.4 Å². The standard InChI is InChI=1S/C20H21N3OS.ClH/c1-23(2)11-12-25-20-17(13-16-5-3-4-6-18(16)22-20)14-7-9-15(10-8-14)19(21)24;/h3-10,13H,11-12H2,1-2H3,(H2,21,24);1H. The lowest BCUT2D eigenvalue weighted by Gasteiger charge is -2.13. The normalized spacial score (nSPS) is 10.7. The maximum atomic E-state index is 11.3. The van der Waals surface area contributed by atoms with Gasteiger partial charge in [0.15, 0.2) is 0 Å². The Balaban J connectivity index is 0.00000243. The highest BCUT2D eigenvalue weighted by Crippen LogP contribution is 2.33. The van der Waals surface area contributed by atoms with E-state index >= 15 is 0 Å². The van der Waals surface area contributed by atoms with Gasteiger partial charge in [-0.2, -0.15) is 0 Å². The summed E-state index contributed by atoms with van der Waals surface area (Å²) in [5, 5.41) is 2.11. The van der Waals surface area contributed by atoms with Crippen molar-refractivity contribution in [1.82, 2.24) is 9.88 Å². The molecule has 0 spiro atoms. The zero-order valence-electron chi connectivity index (χ0n) is 14.8. The van der Waals surface area contributed by atoms with E-state index in [0.29, 0.717) is 5.56 Å². The van der Waals surface area contributed by atoms with Crippen molar-refractivity contribution in [2.24, 2.45) is 5.73 Å². The lowest BCUT2D eigenvalue weighted by molar-refractivity contribution is 0.100. The number of pyridine rings is 1. The van der Waals surface area contributed by atoms with E-state index in [0.717, 1.165) is 39.4 Å². The molecule has 0 radical (unpaired) electrons. The summed E-state index contributed by atoms with van der Waals surface area (Å²) in [4.78, 5) is 18.3. The second-order valence-corrected chi connectivity index (χ2v) is 7.21. The van der Waals surface area contributed by atoms with Gasteiger partial charge < -0.3 is 10.6 Å². The first kappa shape index (κ1) is 20.2. The summed E-state index contributed by atoms with van der Waals surface area (Å²) in [6, 6.07) is 17.7. The van der Waals surface area contributed by atoms with Gasteiger partial charge >= 0.3 is 0 Å². The van der Waals surface area contributed by atoms with Gasteiger partial charge in [-0.15, -0.1) is 24.2 Å². The van der Waals surface area contributed by atoms with Gasteiger partial charge in [-0.05, 0) is 43.9 Å². The summed E-state index contributed by atoms with van der Waals surface area (Å²) in [5.74, 6) is 0.550. The number of nitrogens with two attached hydrogens (primary N) is 1. The number of thioether (sulfide) groups is 1. The van der Waals surface area contributed by atoms with E-state index < -0.39 is 5.91 Å². The summed E-state index contributed by atoms with van der Waals surface area (Å²) in [7, 11) is 4.13. The third-order valence-electron chi connectivity index (χ3n) is 3.95. The Morgan fingerprint density at radius 3 is 2.46 bits per heavy atom. The molecule has 3 aromatic rings. The van der Waals surface area contributed by atoms with Gasteiger partial charge in [0.25, 0.3) is 0 Å². The van der Waals surface area contributed by atoms with Gasteiger partial charge in [0, 0.05) is 28.8 Å². The van der Waals surface area contributed by atoms with Crippen molar-refractivity contribution in [3.63, 3.8) is 0 Å². The van der Waals surface area contributed by atoms with E-state index in [1.165, 1.54) is 0 Å². The van der Waals surface area contributed by atoms with Crippen LogP contribution in [0.25, 0.3) is 22.0 Å². The quantitative estimate of drug-likeness (QED) is 0.647. The maximum Gasteiger partial charge on any atom is 0.248 e. The molecular formula is C20H22ClN3OS. The molecule has 136 valence electrons. The van der Waals surface area contributed by atoms with Gasteiger partial charge in [0.05, 0.1) is 5.52 Å². The Morgan fingerprint density at radius 2 is 1.81 bits per heavy atom. The maximum absolute atomic E-state index is 11.3. The predicted octanol–water partition coefficient (Wildman–Crippen LogP) is 4.08. The SMILES string of the molecule is CN(C)CCSc1nc2ccccc2cc1-c1ccc(C(N)=O)cc1.Cl. The fourth-order valence-corrected chi connectivity index (χ4v) is 3.70. The molecule has 6 heteroatoms. The Kier molecular flexibility index (Phi) is 7.03. The molecule has 0 bridgehead atoms. The number of hydrogen-bond acceptors (Lipinski definition) is 4. The monoisotopic (exact) mass is 387 g/mol. The van der Waals surface area contributed by atoms with E-state index in [-0.39, 0.29) is 12.4 Å². The third-order valence-corrected chi connectivity index (χ3v) is 4.92. The molecule has 0 aliphatic rings. The van der Waals surface area contributed by atoms with Crippen LogP contribution in [0.3, 0.4) is 0 Å². The van der Waals surface area contributed by atoms with Gasteiger partial charge in [0.2, 0.25) is 5.91 Å². The van der Waals surface area contributed by atoms with Crippen LogP contribution in [0.1, 0.15) is 10.4 Å². The minimum atomic E-state index is -0.413. The van der Waals surface area contributed by atoms with Crippen molar-refractivity contribution in [2.45, 2.75) is 5.03 Å². The second kappa shape index (κ2) is 9.03. The zero-order valence-corrected chi connectivity index (χ0v) is 16.4. The van der Waals surface area contributed by atoms with E-state index in [2.05, 4.69) is 31.1 Å². The molecule has 0 atom stereocenters. The van der Waals surface area contributed by atoms with Crippen LogP contribution in [0.5, 0.6) is 0 Å². The molecule has 2 N–H and O–H groups in total. The zero-order chi connectivity index (χ0) is 17.8. The number of nitrogens with zero attached hydrogens (tertiary/aromatic N) is 2. The number of aromatic nitrogens is 1. The van der Waals surface area contributed by atoms with Gasteiger partial charge in [-0.25, -0.2) is 4.98 Å². The Morgan fingerprint density at radius 1 is 1.12 bits per heavy atom. The highest BCUT2D eigenvalue weighted by atomic mass is 35.5. The number of hydrogen-bond donors (Lipinski definition) is 1. The molecule has 1 heterocycles. The number of primary amides is 1. The predicted molar refractivity (Wildman–Crippen MR) is 112 cm³/mol. The number of halogens is 1. The van der Waals surface area contributed by atoms with Crippen LogP contribution >= 0.6 is 24.2 Å². The average Bonchev–Trinajstić information content (AvgIpc) is 2.61. The van der Waals surface area contributed by atoms with Crippen molar-refractivity contribution < 1.29 is 4.79 Å². The molecule has 1 amide bonds. The van der Waals surface area contributed by atoms with Crippen LogP contribution in [0.15, 0.2) is 59.6 Å². The first-order chi connectivity index (χ1) is 12.0. The van der Waals surface area contributed by atoms with Crippen molar-refractivity contribution >= 4 is 41.0 Å². The van der Waals surface area contributed by atoms with Crippen molar-refractivity contribution in [3.8, 4) is 11.1 Å². The number of carbonyl (C=O) groups is 1. The number of benzene rings is 2. The average molecular weight is 388 g/mol. The van der Waals surface area contributed by atoms with Crippen molar-refractivity contribution in [3.05, 3.63) is 60.2 Å². The van der Waals surface area contributed by atoms with Crippen LogP contribution in [-0.4, -0.2) is 42.2 Å². The molecule has 0 unspecified atom stereocenters. The Hall–Kier alpha value is -2.08. The fourth-order valence-electron chi connectivity index (χ4n) is 2.55. The third kappa shape index (κ3) is 4.75. The van der Waals surface area contributed by atoms with E-state index in [1.807, 2.05) is 30.3 Å². The van der Waals surface area contributed by atoms with Crippen LogP contribution in [0.2, 0.25) is 0 Å². The van der Waals surface area contributed by atoms with E-state index in [4.69, 9.17) is 10.7 Å². The molecule has 1 aromatic heterocycles. The smallest absolute Gasteiger partial charge is 0.248 e. The molecule has 4 nitrogen and oxygen atoms in total. The fraction of sp³-hybridized carbons (Fsp3) is 0.200. The lowest BCUT2D eigenvalue weighted by atomic mass is 10.0. The van der Waals surface area contributed by atoms with Gasteiger partial charge in [-0.3, -0.25) is 4.79 Å². The van der Waals surface area contributed by atoms with Gasteiger partial charge in [0.1, 0.15) is 5.03 Å². The van der Waals surface area contributed by atoms with Gasteiger partial charge in [-0.1, -0.05) is 30.3 Å². The molecule has 0 fully saturated rings. The summed E-state index contributed by atoms with van der Waals surface area (Å²) in [5.41, 5.74) is 8.97. The van der Waals surface area contributed by atoms with E-state index in [1.54, 1.807) is 23.9 Å². The highest BCUT2D eigenvalue weighted by molar-refractivity contribution is 7.99. The van der Waals surface area contributed by atoms with Crippen LogP contribution < -0.4 is 5.73 Å². The highest BCUT2D eigenvalue weighted by Gasteiger charge is 2.11. The summed E-state index contributed by atoms with van der Waals surface area (Å²) in [6.45, 7) is 0.985. The van der Waals surface area contributed by atoms with Crippen LogP contribution in [0, 0.1) is 0 Å². The Labute approximate surface area is 164 Å². The number of amides is 1. The van der Waals surface area contributed by atoms with E-state index in [9.17, 15) is 4.79 Å². The second-order valence-electron chi connectivity index (χ2n) is 6.13. The first-order valence-electron chi connectivity index (χ1n) is 8.12. The molecule has 2 aromatic carbocycles. The molecule has 0 aliphatic heterocycles.